The van der Waals surface area contributed by atoms with Crippen molar-refractivity contribution >= 4 is 5.91 Å². The largest absolute Gasteiger partial charge is 0.346 e. The van der Waals surface area contributed by atoms with E-state index in [9.17, 15) is 27.2 Å². The Morgan fingerprint density at radius 2 is 1.92 bits per heavy atom. The molecule has 1 aromatic heterocycles. The molecular weight excluding hydrogens is 358 g/mol. The number of amides is 1. The van der Waals surface area contributed by atoms with Crippen molar-refractivity contribution in [3.63, 3.8) is 0 Å². The third kappa shape index (κ3) is 3.05. The maximum absolute atomic E-state index is 14.0. The van der Waals surface area contributed by atoms with E-state index in [1.165, 1.54) is 0 Å². The zero-order valence-electron chi connectivity index (χ0n) is 13.1. The molecule has 1 aromatic carbocycles. The van der Waals surface area contributed by atoms with E-state index in [4.69, 9.17) is 5.26 Å². The van der Waals surface area contributed by atoms with Crippen LogP contribution in [0.2, 0.25) is 0 Å². The first-order valence-corrected chi connectivity index (χ1v) is 7.45. The molecule has 0 fully saturated rings. The molecule has 0 atom stereocenters. The number of halogens is 4. The average Bonchev–Trinajstić information content (AvgIpc) is 2.88. The molecule has 0 saturated carbocycles. The molecule has 0 unspecified atom stereocenters. The van der Waals surface area contributed by atoms with E-state index in [1.54, 1.807) is 6.07 Å². The number of aromatic nitrogens is 3. The summed E-state index contributed by atoms with van der Waals surface area (Å²) in [6.45, 7) is -1.23. The van der Waals surface area contributed by atoms with Gasteiger partial charge >= 0.3 is 5.69 Å². The fourth-order valence-electron chi connectivity index (χ4n) is 2.72. The van der Waals surface area contributed by atoms with Crippen LogP contribution in [0.5, 0.6) is 0 Å². The van der Waals surface area contributed by atoms with Crippen LogP contribution in [-0.4, -0.2) is 38.1 Å². The minimum atomic E-state index is -2.77. The van der Waals surface area contributed by atoms with E-state index in [-0.39, 0.29) is 31.0 Å². The van der Waals surface area contributed by atoms with Gasteiger partial charge in [0.05, 0.1) is 18.2 Å². The number of carbonyl (C=O) groups is 1. The number of nitrogens with zero attached hydrogens (tertiary/aromatic N) is 5. The second-order valence-electron chi connectivity index (χ2n) is 5.58. The maximum atomic E-state index is 14.0. The molecule has 0 bridgehead atoms. The monoisotopic (exact) mass is 369 g/mol. The lowest BCUT2D eigenvalue weighted by atomic mass is 10.1. The Bertz CT molecular complexity index is 952. The molecule has 26 heavy (non-hydrogen) atoms. The second kappa shape index (κ2) is 6.62. The standard InChI is InChI=1S/C15H11F4N5O2/c16-9-3-8(5-20)4-10(17)13(9)14(25)22-1-2-23-12(7-22)21-24(15(23)26)6-11(18)19/h3-4,11H,1-2,6-7H2. The van der Waals surface area contributed by atoms with Gasteiger partial charge in [-0.2, -0.15) is 10.4 Å². The van der Waals surface area contributed by atoms with Crippen molar-refractivity contribution in [1.82, 2.24) is 19.2 Å². The van der Waals surface area contributed by atoms with E-state index in [0.29, 0.717) is 4.68 Å². The number of fused-ring (bicyclic) bond motifs is 1. The fourth-order valence-corrected chi connectivity index (χ4v) is 2.72. The zero-order chi connectivity index (χ0) is 19.0. The SMILES string of the molecule is N#Cc1cc(F)c(C(=O)N2CCn3c(nn(CC(F)F)c3=O)C2)c(F)c1. The van der Waals surface area contributed by atoms with Gasteiger partial charge in [0, 0.05) is 13.1 Å². The Balaban J connectivity index is 1.89. The summed E-state index contributed by atoms with van der Waals surface area (Å²) in [4.78, 5) is 25.4. The molecule has 7 nitrogen and oxygen atoms in total. The Morgan fingerprint density at radius 3 is 2.50 bits per heavy atom. The van der Waals surface area contributed by atoms with Gasteiger partial charge in [0.1, 0.15) is 23.7 Å². The highest BCUT2D eigenvalue weighted by atomic mass is 19.3. The van der Waals surface area contributed by atoms with Crippen molar-refractivity contribution in [2.75, 3.05) is 6.54 Å². The first-order valence-electron chi connectivity index (χ1n) is 7.45. The van der Waals surface area contributed by atoms with Gasteiger partial charge in [-0.05, 0) is 12.1 Å². The van der Waals surface area contributed by atoms with Crippen LogP contribution in [0.3, 0.4) is 0 Å². The summed E-state index contributed by atoms with van der Waals surface area (Å²) < 4.78 is 54.7. The van der Waals surface area contributed by atoms with E-state index in [2.05, 4.69) is 5.10 Å². The van der Waals surface area contributed by atoms with Crippen LogP contribution < -0.4 is 5.69 Å². The molecule has 0 N–H and O–H groups in total. The number of hydrogen-bond donors (Lipinski definition) is 0. The number of hydrogen-bond acceptors (Lipinski definition) is 4. The fraction of sp³-hybridized carbons (Fsp3) is 0.333. The predicted molar refractivity (Wildman–Crippen MR) is 78.3 cm³/mol. The summed E-state index contributed by atoms with van der Waals surface area (Å²) in [6, 6.07) is 3.06. The van der Waals surface area contributed by atoms with Crippen molar-refractivity contribution in [2.24, 2.45) is 0 Å². The van der Waals surface area contributed by atoms with Crippen LogP contribution in [0.1, 0.15) is 21.7 Å². The van der Waals surface area contributed by atoms with Crippen molar-refractivity contribution in [3.05, 3.63) is 51.2 Å². The molecule has 2 aromatic rings. The number of alkyl halides is 2. The smallest absolute Gasteiger partial charge is 0.329 e. The molecule has 1 aliphatic rings. The van der Waals surface area contributed by atoms with Gasteiger partial charge in [-0.15, -0.1) is 0 Å². The van der Waals surface area contributed by atoms with Gasteiger partial charge in [-0.3, -0.25) is 9.36 Å². The minimum Gasteiger partial charge on any atom is -0.329 e. The van der Waals surface area contributed by atoms with Gasteiger partial charge in [-0.25, -0.2) is 27.0 Å². The first kappa shape index (κ1) is 17.7. The van der Waals surface area contributed by atoms with Crippen LogP contribution in [-0.2, 0) is 19.6 Å². The molecule has 0 saturated heterocycles. The lowest BCUT2D eigenvalue weighted by molar-refractivity contribution is 0.0696. The van der Waals surface area contributed by atoms with Crippen LogP contribution in [0.4, 0.5) is 17.6 Å². The third-order valence-corrected chi connectivity index (χ3v) is 3.91. The Hall–Kier alpha value is -3.16. The van der Waals surface area contributed by atoms with Crippen LogP contribution >= 0.6 is 0 Å². The quantitative estimate of drug-likeness (QED) is 0.759. The Morgan fingerprint density at radius 1 is 1.27 bits per heavy atom. The molecule has 0 aliphatic carbocycles. The summed E-state index contributed by atoms with van der Waals surface area (Å²) >= 11 is 0. The molecule has 0 radical (unpaired) electrons. The Labute approximate surface area is 143 Å². The molecule has 136 valence electrons. The summed E-state index contributed by atoms with van der Waals surface area (Å²) in [7, 11) is 0. The van der Waals surface area contributed by atoms with Crippen LogP contribution in [0.15, 0.2) is 16.9 Å². The number of carbonyl (C=O) groups excluding carboxylic acids is 1. The third-order valence-electron chi connectivity index (χ3n) is 3.91. The van der Waals surface area contributed by atoms with Crippen molar-refractivity contribution in [2.45, 2.75) is 26.1 Å². The first-order chi connectivity index (χ1) is 12.3. The predicted octanol–water partition coefficient (Wildman–Crippen LogP) is 1.12. The van der Waals surface area contributed by atoms with Gasteiger partial charge < -0.3 is 4.90 Å². The second-order valence-corrected chi connectivity index (χ2v) is 5.58. The molecule has 1 aliphatic heterocycles. The maximum Gasteiger partial charge on any atom is 0.346 e. The van der Waals surface area contributed by atoms with Crippen molar-refractivity contribution in [1.29, 1.82) is 5.26 Å². The summed E-state index contributed by atoms with van der Waals surface area (Å²) in [5.41, 5.74) is -1.83. The lowest BCUT2D eigenvalue weighted by Gasteiger charge is -2.27. The van der Waals surface area contributed by atoms with Crippen molar-refractivity contribution < 1.29 is 22.4 Å². The van der Waals surface area contributed by atoms with E-state index in [1.807, 2.05) is 0 Å². The van der Waals surface area contributed by atoms with Crippen LogP contribution in [0.25, 0.3) is 0 Å². The molecular formula is C15H11F4N5O2. The zero-order valence-corrected chi connectivity index (χ0v) is 13.1. The van der Waals surface area contributed by atoms with Crippen LogP contribution in [0, 0.1) is 23.0 Å². The summed E-state index contributed by atoms with van der Waals surface area (Å²) in [5, 5.41) is 12.4. The summed E-state index contributed by atoms with van der Waals surface area (Å²) in [5.74, 6) is -3.30. The van der Waals surface area contributed by atoms with Crippen molar-refractivity contribution in [3.8, 4) is 6.07 Å². The van der Waals surface area contributed by atoms with Gasteiger partial charge in [-0.1, -0.05) is 0 Å². The average molecular weight is 369 g/mol. The lowest BCUT2D eigenvalue weighted by Crippen LogP contribution is -2.41. The minimum absolute atomic E-state index is 0.0390. The van der Waals surface area contributed by atoms with E-state index in [0.717, 1.165) is 21.6 Å². The molecule has 1 amide bonds. The number of benzene rings is 1. The summed E-state index contributed by atoms with van der Waals surface area (Å²) in [6.07, 6.45) is -2.77. The molecule has 11 heteroatoms. The van der Waals surface area contributed by atoms with Gasteiger partial charge in [0.25, 0.3) is 12.3 Å². The molecule has 2 heterocycles. The normalized spacial score (nSPS) is 13.6. The number of nitriles is 1. The van der Waals surface area contributed by atoms with Gasteiger partial charge in [0.15, 0.2) is 5.82 Å². The van der Waals surface area contributed by atoms with E-state index >= 15 is 0 Å². The number of rotatable bonds is 3. The highest BCUT2D eigenvalue weighted by Gasteiger charge is 2.29. The molecule has 0 spiro atoms. The molecule has 3 rings (SSSR count). The van der Waals surface area contributed by atoms with Gasteiger partial charge in [0.2, 0.25) is 0 Å². The Kier molecular flexibility index (Phi) is 4.50. The topological polar surface area (TPSA) is 83.9 Å². The highest BCUT2D eigenvalue weighted by molar-refractivity contribution is 5.95. The van der Waals surface area contributed by atoms with E-state index < -0.39 is 41.8 Å². The highest BCUT2D eigenvalue weighted by Crippen LogP contribution is 2.20.